The van der Waals surface area contributed by atoms with Crippen molar-refractivity contribution in [1.29, 1.82) is 0 Å². The molecule has 1 atom stereocenters. The van der Waals surface area contributed by atoms with E-state index in [1.807, 2.05) is 39.0 Å². The monoisotopic (exact) mass is 485 g/mol. The number of carbonyl (C=O) groups excluding carboxylic acids is 3. The maximum absolute atomic E-state index is 12.8. The van der Waals surface area contributed by atoms with Gasteiger partial charge >= 0.3 is 12.1 Å². The minimum Gasteiger partial charge on any atom is -0.488 e. The van der Waals surface area contributed by atoms with Crippen LogP contribution in [0.25, 0.3) is 0 Å². The van der Waals surface area contributed by atoms with Crippen LogP contribution in [0.15, 0.2) is 54.6 Å². The highest BCUT2D eigenvalue weighted by atomic mass is 16.5. The van der Waals surface area contributed by atoms with Gasteiger partial charge in [-0.2, -0.15) is 0 Å². The van der Waals surface area contributed by atoms with E-state index in [0.717, 1.165) is 11.1 Å². The minimum absolute atomic E-state index is 0.0252. The molecule has 0 aliphatic heterocycles. The Labute approximate surface area is 204 Å². The lowest BCUT2D eigenvalue weighted by Crippen LogP contribution is -2.50. The summed E-state index contributed by atoms with van der Waals surface area (Å²) in [5, 5.41) is 15.7. The Bertz CT molecular complexity index is 1000. The highest BCUT2D eigenvalue weighted by molar-refractivity contribution is 5.90. The van der Waals surface area contributed by atoms with Gasteiger partial charge in [0.05, 0.1) is 6.54 Å². The largest absolute Gasteiger partial charge is 0.488 e. The van der Waals surface area contributed by atoms with Crippen molar-refractivity contribution in [2.24, 2.45) is 0 Å². The molecule has 0 bridgehead atoms. The molecule has 0 saturated carbocycles. The van der Waals surface area contributed by atoms with E-state index < -0.39 is 43.0 Å². The Morgan fingerprint density at radius 3 is 2.14 bits per heavy atom. The lowest BCUT2D eigenvalue weighted by molar-refractivity contribution is -0.137. The second-order valence-electron chi connectivity index (χ2n) is 8.71. The fourth-order valence-corrected chi connectivity index (χ4v) is 2.93. The Balaban J connectivity index is 2.02. The van der Waals surface area contributed by atoms with Gasteiger partial charge in [-0.25, -0.2) is 4.79 Å². The number of carboxylic acids is 1. The summed E-state index contributed by atoms with van der Waals surface area (Å²) >= 11 is 0. The van der Waals surface area contributed by atoms with E-state index in [1.54, 1.807) is 36.4 Å². The van der Waals surface area contributed by atoms with Crippen molar-refractivity contribution in [2.75, 3.05) is 13.1 Å². The summed E-state index contributed by atoms with van der Waals surface area (Å²) in [7, 11) is 0. The average molecular weight is 486 g/mol. The highest BCUT2D eigenvalue weighted by Gasteiger charge is 2.23. The molecule has 2 rings (SSSR count). The van der Waals surface area contributed by atoms with Gasteiger partial charge in [0, 0.05) is 6.42 Å². The van der Waals surface area contributed by atoms with Gasteiger partial charge in [-0.05, 0) is 44.0 Å². The topological polar surface area (TPSA) is 143 Å². The molecule has 0 saturated heterocycles. The number of amides is 3. The molecule has 0 spiro atoms. The van der Waals surface area contributed by atoms with E-state index in [4.69, 9.17) is 14.6 Å². The summed E-state index contributed by atoms with van der Waals surface area (Å²) in [6.07, 6.45) is -0.671. The summed E-state index contributed by atoms with van der Waals surface area (Å²) in [5.74, 6) is -1.84. The van der Waals surface area contributed by atoms with Gasteiger partial charge in [-0.1, -0.05) is 42.5 Å². The normalized spacial score (nSPS) is 11.6. The molecule has 188 valence electrons. The van der Waals surface area contributed by atoms with E-state index in [1.165, 1.54) is 0 Å². The third kappa shape index (κ3) is 11.1. The van der Waals surface area contributed by atoms with E-state index in [0.29, 0.717) is 5.75 Å². The van der Waals surface area contributed by atoms with Gasteiger partial charge in [0.25, 0.3) is 0 Å². The molecule has 2 aromatic carbocycles. The second-order valence-corrected chi connectivity index (χ2v) is 8.71. The fourth-order valence-electron chi connectivity index (χ4n) is 2.93. The number of hydrogen-bond donors (Lipinski definition) is 4. The summed E-state index contributed by atoms with van der Waals surface area (Å²) in [6, 6.07) is 15.1. The molecule has 0 fully saturated rings. The van der Waals surface area contributed by atoms with Crippen molar-refractivity contribution in [3.63, 3.8) is 0 Å². The van der Waals surface area contributed by atoms with Gasteiger partial charge in [-0.3, -0.25) is 14.4 Å². The Kier molecular flexibility index (Phi) is 10.1. The van der Waals surface area contributed by atoms with E-state index >= 15 is 0 Å². The molecule has 10 heteroatoms. The number of rotatable bonds is 11. The molecular weight excluding hydrogens is 454 g/mol. The molecular formula is C25H31N3O7. The third-order valence-electron chi connectivity index (χ3n) is 4.47. The number of aliphatic carboxylic acids is 1. The van der Waals surface area contributed by atoms with Crippen molar-refractivity contribution in [1.82, 2.24) is 16.0 Å². The van der Waals surface area contributed by atoms with Gasteiger partial charge in [-0.15, -0.1) is 0 Å². The van der Waals surface area contributed by atoms with Crippen molar-refractivity contribution < 1.29 is 33.8 Å². The lowest BCUT2D eigenvalue weighted by Gasteiger charge is -2.22. The predicted molar refractivity (Wildman–Crippen MR) is 128 cm³/mol. The van der Waals surface area contributed by atoms with E-state index in [2.05, 4.69) is 16.0 Å². The Morgan fingerprint density at radius 2 is 1.54 bits per heavy atom. The number of carbonyl (C=O) groups is 4. The molecule has 35 heavy (non-hydrogen) atoms. The van der Waals surface area contributed by atoms with Crippen LogP contribution in [0.1, 0.15) is 31.9 Å². The maximum Gasteiger partial charge on any atom is 0.408 e. The lowest BCUT2D eigenvalue weighted by atomic mass is 10.0. The van der Waals surface area contributed by atoms with Crippen LogP contribution >= 0.6 is 0 Å². The quantitative estimate of drug-likeness (QED) is 0.381. The van der Waals surface area contributed by atoms with Crippen LogP contribution in [0.5, 0.6) is 5.75 Å². The molecule has 0 unspecified atom stereocenters. The highest BCUT2D eigenvalue weighted by Crippen LogP contribution is 2.19. The van der Waals surface area contributed by atoms with Crippen LogP contribution in [-0.2, 0) is 32.1 Å². The van der Waals surface area contributed by atoms with Crippen LogP contribution in [0.4, 0.5) is 4.79 Å². The number of hydrogen-bond acceptors (Lipinski definition) is 6. The minimum atomic E-state index is -1.20. The Hall–Kier alpha value is -4.08. The number of ether oxygens (including phenoxy) is 2. The number of benzene rings is 2. The summed E-state index contributed by atoms with van der Waals surface area (Å²) in [6.45, 7) is 4.81. The van der Waals surface area contributed by atoms with Crippen molar-refractivity contribution >= 4 is 23.9 Å². The molecule has 0 aliphatic carbocycles. The molecule has 0 radical (unpaired) electrons. The van der Waals surface area contributed by atoms with Crippen LogP contribution in [0, 0.1) is 0 Å². The van der Waals surface area contributed by atoms with Crippen molar-refractivity contribution in [3.8, 4) is 5.75 Å². The summed E-state index contributed by atoms with van der Waals surface area (Å²) < 4.78 is 11.0. The van der Waals surface area contributed by atoms with Gasteiger partial charge < -0.3 is 30.5 Å². The zero-order valence-electron chi connectivity index (χ0n) is 20.0. The molecule has 3 amide bonds. The zero-order chi connectivity index (χ0) is 25.8. The van der Waals surface area contributed by atoms with E-state index in [9.17, 15) is 19.2 Å². The molecule has 0 aromatic heterocycles. The summed E-state index contributed by atoms with van der Waals surface area (Å²) in [5.41, 5.74) is 1.16. The zero-order valence-corrected chi connectivity index (χ0v) is 20.0. The van der Waals surface area contributed by atoms with Gasteiger partial charge in [0.1, 0.15) is 30.5 Å². The third-order valence-corrected chi connectivity index (χ3v) is 4.47. The number of carboxylic acid groups (broad SMARTS) is 1. The molecule has 10 nitrogen and oxygen atoms in total. The van der Waals surface area contributed by atoms with Gasteiger partial charge in [0.2, 0.25) is 11.8 Å². The van der Waals surface area contributed by atoms with Gasteiger partial charge in [0.15, 0.2) is 0 Å². The van der Waals surface area contributed by atoms with Crippen LogP contribution in [0.3, 0.4) is 0 Å². The smallest absolute Gasteiger partial charge is 0.408 e. The summed E-state index contributed by atoms with van der Waals surface area (Å²) in [4.78, 5) is 47.4. The van der Waals surface area contributed by atoms with Crippen LogP contribution < -0.4 is 20.7 Å². The molecule has 0 aliphatic rings. The average Bonchev–Trinajstić information content (AvgIpc) is 2.80. The van der Waals surface area contributed by atoms with Crippen LogP contribution in [0.2, 0.25) is 0 Å². The molecule has 0 heterocycles. The number of nitrogens with one attached hydrogen (secondary N) is 3. The standard InChI is InChI=1S/C25H31N3O7/c1-25(2,3)35-19-11-9-17(10-12-19)13-20(23(32)27-14-21(29)26-15-22(30)31)28-24(33)34-16-18-7-5-4-6-8-18/h4-12,20H,13-16H2,1-3H3,(H,26,29)(H,27,32)(H,28,33)(H,30,31)/t20-/m0/s1. The van der Waals surface area contributed by atoms with Crippen molar-refractivity contribution in [3.05, 3.63) is 65.7 Å². The molecule has 4 N–H and O–H groups in total. The second kappa shape index (κ2) is 13.0. The maximum atomic E-state index is 12.8. The number of alkyl carbamates (subject to hydrolysis) is 1. The first-order valence-electron chi connectivity index (χ1n) is 11.0. The molecule has 2 aromatic rings. The fraction of sp³-hybridized carbons (Fsp3) is 0.360. The first kappa shape index (κ1) is 27.2. The Morgan fingerprint density at radius 1 is 0.886 bits per heavy atom. The van der Waals surface area contributed by atoms with Crippen molar-refractivity contribution in [2.45, 2.75) is 45.4 Å². The predicted octanol–water partition coefficient (Wildman–Crippen LogP) is 2.02. The van der Waals surface area contributed by atoms with Crippen LogP contribution in [-0.4, -0.2) is 53.7 Å². The van der Waals surface area contributed by atoms with E-state index in [-0.39, 0.29) is 18.6 Å². The SMILES string of the molecule is CC(C)(C)Oc1ccc(C[C@H](NC(=O)OCc2ccccc2)C(=O)NCC(=O)NCC(=O)O)cc1. The first-order chi connectivity index (χ1) is 16.5. The first-order valence-corrected chi connectivity index (χ1v) is 11.0.